The van der Waals surface area contributed by atoms with Crippen molar-refractivity contribution in [2.24, 2.45) is 10.3 Å². The van der Waals surface area contributed by atoms with Gasteiger partial charge in [0.1, 0.15) is 0 Å². The van der Waals surface area contributed by atoms with Crippen LogP contribution >= 0.6 is 21.2 Å². The van der Waals surface area contributed by atoms with Crippen LogP contribution in [0, 0.1) is 0 Å². The van der Waals surface area contributed by atoms with Crippen molar-refractivity contribution in [1.29, 1.82) is 0 Å². The van der Waals surface area contributed by atoms with Crippen LogP contribution in [0.3, 0.4) is 0 Å². The molecular weight excluding hydrogens is 219 g/mol. The second-order valence-electron chi connectivity index (χ2n) is 0.312. The maximum atomic E-state index is 4.70. The molecule has 0 aromatic heterocycles. The van der Waals surface area contributed by atoms with Gasteiger partial charge in [-0.05, 0) is 0 Å². The van der Waals surface area contributed by atoms with E-state index in [4.69, 9.17) is 5.84 Å². The SMILES string of the molecule is N/N=[S-](=S)/I. The maximum Gasteiger partial charge on any atom is -0.206 e. The van der Waals surface area contributed by atoms with E-state index in [1.807, 2.05) is 21.2 Å². The highest BCUT2D eigenvalue weighted by atomic mass is 127. The van der Waals surface area contributed by atoms with Gasteiger partial charge in [-0.1, -0.05) is 0 Å². The minimum absolute atomic E-state index is 0.366. The van der Waals surface area contributed by atoms with E-state index in [9.17, 15) is 0 Å². The molecular formula is H2IN2S2-. The monoisotopic (exact) mass is 221 g/mol. The topological polar surface area (TPSA) is 38.4 Å². The molecule has 0 heterocycles. The molecule has 0 spiro atoms. The Morgan fingerprint density at radius 1 is 2.00 bits per heavy atom. The van der Waals surface area contributed by atoms with Crippen LogP contribution in [0.5, 0.6) is 0 Å². The second-order valence-corrected chi connectivity index (χ2v) is 6.18. The molecule has 0 aromatic rings. The van der Waals surface area contributed by atoms with E-state index in [0.717, 1.165) is 0 Å². The third-order valence-electron chi connectivity index (χ3n) is 0.0829. The molecule has 5 heteroatoms. The molecule has 0 unspecified atom stereocenters. The van der Waals surface area contributed by atoms with Crippen molar-refractivity contribution in [3.05, 3.63) is 0 Å². The minimum atomic E-state index is -0.366. The lowest BCUT2D eigenvalue weighted by Gasteiger charge is -1.80. The molecule has 32 valence electrons. The first kappa shape index (κ1) is 6.06. The van der Waals surface area contributed by atoms with Crippen LogP contribution in [0.1, 0.15) is 0 Å². The smallest absolute Gasteiger partial charge is 0.206 e. The largest absolute Gasteiger partial charge is 0.340 e. The van der Waals surface area contributed by atoms with Gasteiger partial charge in [0, 0.05) is 0 Å². The van der Waals surface area contributed by atoms with E-state index in [-0.39, 0.29) is 6.42 Å². The lowest BCUT2D eigenvalue weighted by molar-refractivity contribution is 1.30. The Kier molecular flexibility index (Phi) is 3.95. The number of rotatable bonds is 0. The fraction of sp³-hybridized carbons (Fsp3) is 0. The number of hydrogen-bond donors (Lipinski definition) is 1. The van der Waals surface area contributed by atoms with Crippen molar-refractivity contribution in [3.8, 4) is 0 Å². The summed E-state index contributed by atoms with van der Waals surface area (Å²) in [6, 6.07) is 0. The number of halogens is 1. The second kappa shape index (κ2) is 3.26. The molecule has 0 saturated carbocycles. The third-order valence-corrected chi connectivity index (χ3v) is 1.19. The average Bonchev–Trinajstić information content (AvgIpc) is 1.38. The van der Waals surface area contributed by atoms with Crippen LogP contribution in [-0.2, 0) is 17.6 Å². The zero-order valence-electron chi connectivity index (χ0n) is 2.22. The predicted molar refractivity (Wildman–Crippen MR) is 35.4 cm³/mol. The first-order valence-electron chi connectivity index (χ1n) is 0.762. The van der Waals surface area contributed by atoms with Gasteiger partial charge in [0.25, 0.3) is 0 Å². The number of hydrogen-bond acceptors (Lipinski definition) is 3. The Morgan fingerprint density at radius 3 is 2.20 bits per heavy atom. The van der Waals surface area contributed by atoms with Gasteiger partial charge in [0.05, 0.1) is 0 Å². The maximum absolute atomic E-state index is 4.70. The van der Waals surface area contributed by atoms with Crippen molar-refractivity contribution >= 4 is 38.8 Å². The van der Waals surface area contributed by atoms with Gasteiger partial charge in [0.15, 0.2) is 0 Å². The average molecular weight is 221 g/mol. The van der Waals surface area contributed by atoms with E-state index in [0.29, 0.717) is 0 Å². The van der Waals surface area contributed by atoms with Crippen LogP contribution in [0.2, 0.25) is 0 Å². The van der Waals surface area contributed by atoms with Crippen LogP contribution < -0.4 is 5.84 Å². The normalized spacial score (nSPS) is 15.6. The van der Waals surface area contributed by atoms with Gasteiger partial charge in [-0.3, -0.25) is 5.84 Å². The zero-order chi connectivity index (χ0) is 4.28. The summed E-state index contributed by atoms with van der Waals surface area (Å²) >= 11 is 6.46. The molecule has 0 rings (SSSR count). The molecule has 2 N–H and O–H groups in total. The first-order valence-corrected chi connectivity index (χ1v) is 5.41. The molecule has 0 aliphatic rings. The van der Waals surface area contributed by atoms with Gasteiger partial charge in [0.2, 0.25) is 0 Å². The van der Waals surface area contributed by atoms with Crippen molar-refractivity contribution < 1.29 is 0 Å². The highest BCUT2D eigenvalue weighted by molar-refractivity contribution is 14.2. The standard InChI is InChI=1S/H2IN2S2/c1-5(4)3-2/h2H2/q-1. The van der Waals surface area contributed by atoms with Gasteiger partial charge in [-0.15, -0.1) is 0 Å². The van der Waals surface area contributed by atoms with Crippen molar-refractivity contribution in [2.75, 3.05) is 0 Å². The molecule has 0 aromatic carbocycles. The van der Waals surface area contributed by atoms with E-state index in [1.165, 1.54) is 0 Å². The van der Waals surface area contributed by atoms with Gasteiger partial charge in [-0.2, -0.15) is 0 Å². The van der Waals surface area contributed by atoms with E-state index >= 15 is 0 Å². The lowest BCUT2D eigenvalue weighted by Crippen LogP contribution is -1.72. The third kappa shape index (κ3) is 5.06. The molecule has 0 amide bonds. The summed E-state index contributed by atoms with van der Waals surface area (Å²) in [6.45, 7) is 0. The summed E-state index contributed by atoms with van der Waals surface area (Å²) < 4.78 is 3.22. The Morgan fingerprint density at radius 2 is 2.20 bits per heavy atom. The van der Waals surface area contributed by atoms with Crippen molar-refractivity contribution in [2.45, 2.75) is 0 Å². The molecule has 0 aliphatic heterocycles. The van der Waals surface area contributed by atoms with Gasteiger partial charge in [-0.25, -0.2) is 38.8 Å². The van der Waals surface area contributed by atoms with E-state index in [1.54, 1.807) is 0 Å². The van der Waals surface area contributed by atoms with Crippen molar-refractivity contribution in [1.82, 2.24) is 0 Å². The zero-order valence-corrected chi connectivity index (χ0v) is 6.01. The Hall–Kier alpha value is 1.06. The first-order chi connectivity index (χ1) is 2.27. The van der Waals surface area contributed by atoms with Crippen LogP contribution in [0.25, 0.3) is 0 Å². The van der Waals surface area contributed by atoms with E-state index < -0.39 is 0 Å². The van der Waals surface area contributed by atoms with E-state index in [2.05, 4.69) is 15.7 Å². The van der Waals surface area contributed by atoms with Crippen LogP contribution in [0.4, 0.5) is 0 Å². The molecule has 0 fully saturated rings. The molecule has 0 aliphatic carbocycles. The summed E-state index contributed by atoms with van der Waals surface area (Å²) in [7, 11) is 0. The highest BCUT2D eigenvalue weighted by Crippen LogP contribution is 1.79. The number of nitrogens with zero attached hydrogens (tertiary/aromatic N) is 1. The van der Waals surface area contributed by atoms with Crippen LogP contribution in [0.15, 0.2) is 4.47 Å². The fourth-order valence-corrected chi connectivity index (χ4v) is 0. The molecule has 0 saturated heterocycles. The predicted octanol–water partition coefficient (Wildman–Crippen LogP) is 0.474. The Balaban J connectivity index is 3.62. The summed E-state index contributed by atoms with van der Waals surface area (Å²) in [6.07, 6.45) is -0.366. The molecule has 0 radical (unpaired) electrons. The van der Waals surface area contributed by atoms with Crippen molar-refractivity contribution in [3.63, 3.8) is 0 Å². The Bertz CT molecular complexity index is 79.6. The molecule has 5 heavy (non-hydrogen) atoms. The van der Waals surface area contributed by atoms with Gasteiger partial charge >= 0.3 is 0 Å². The molecule has 2 nitrogen and oxygen atoms in total. The molecule has 0 atom stereocenters. The fourth-order valence-electron chi connectivity index (χ4n) is 0. The summed E-state index contributed by atoms with van der Waals surface area (Å²) in [5, 5.41) is 0. The summed E-state index contributed by atoms with van der Waals surface area (Å²) in [5.74, 6) is 4.70. The summed E-state index contributed by atoms with van der Waals surface area (Å²) in [5.41, 5.74) is 0. The number of nitrogens with two attached hydrogens (primary N) is 1. The molecule has 0 bridgehead atoms. The quantitative estimate of drug-likeness (QED) is 0.212. The minimum Gasteiger partial charge on any atom is -0.340 e. The van der Waals surface area contributed by atoms with Gasteiger partial charge < -0.3 is 4.47 Å². The Labute approximate surface area is 49.0 Å². The summed E-state index contributed by atoms with van der Waals surface area (Å²) in [4.78, 5) is 0. The van der Waals surface area contributed by atoms with Crippen LogP contribution in [-0.4, -0.2) is 0 Å². The highest BCUT2D eigenvalue weighted by Gasteiger charge is 1.28. The lowest BCUT2D eigenvalue weighted by atomic mass is 13.0.